The second-order valence-corrected chi connectivity index (χ2v) is 7.07. The van der Waals surface area contributed by atoms with Crippen molar-refractivity contribution in [3.63, 3.8) is 0 Å². The summed E-state index contributed by atoms with van der Waals surface area (Å²) in [4.78, 5) is 16.7. The number of hydrogen-bond donors (Lipinski definition) is 1. The zero-order chi connectivity index (χ0) is 20.1. The molecule has 0 aliphatic rings. The van der Waals surface area contributed by atoms with Crippen LogP contribution < -0.4 is 10.1 Å². The average Bonchev–Trinajstić information content (AvgIpc) is 3.44. The van der Waals surface area contributed by atoms with Crippen molar-refractivity contribution in [2.45, 2.75) is 13.2 Å². The summed E-state index contributed by atoms with van der Waals surface area (Å²) in [5.41, 5.74) is 1.66. The van der Waals surface area contributed by atoms with E-state index < -0.39 is 0 Å². The van der Waals surface area contributed by atoms with Crippen LogP contribution in [-0.2, 0) is 13.2 Å². The second kappa shape index (κ2) is 8.70. The van der Waals surface area contributed by atoms with Crippen molar-refractivity contribution >= 4 is 17.2 Å². The first-order valence-corrected chi connectivity index (χ1v) is 9.80. The van der Waals surface area contributed by atoms with Gasteiger partial charge in [0.15, 0.2) is 0 Å². The predicted octanol–water partition coefficient (Wildman–Crippen LogP) is 5.05. The summed E-state index contributed by atoms with van der Waals surface area (Å²) in [6, 6.07) is 17.4. The van der Waals surface area contributed by atoms with Gasteiger partial charge in [0.2, 0.25) is 0 Å². The van der Waals surface area contributed by atoms with Crippen molar-refractivity contribution in [3.05, 3.63) is 95.1 Å². The molecule has 29 heavy (non-hydrogen) atoms. The molecule has 0 aliphatic carbocycles. The molecule has 4 rings (SSSR count). The first-order valence-electron chi connectivity index (χ1n) is 8.92. The lowest BCUT2D eigenvalue weighted by atomic mass is 10.2. The van der Waals surface area contributed by atoms with Gasteiger partial charge in [-0.05, 0) is 30.3 Å². The van der Waals surface area contributed by atoms with E-state index in [0.717, 1.165) is 5.56 Å². The van der Waals surface area contributed by atoms with Gasteiger partial charge in [-0.3, -0.25) is 4.79 Å². The monoisotopic (exact) mass is 408 g/mol. The Morgan fingerprint density at radius 1 is 1.14 bits per heavy atom. The van der Waals surface area contributed by atoms with Crippen LogP contribution >= 0.6 is 11.3 Å². The van der Waals surface area contributed by atoms with E-state index in [1.165, 1.54) is 17.4 Å². The highest BCUT2D eigenvalue weighted by molar-refractivity contribution is 7.13. The smallest absolute Gasteiger partial charge is 0.271 e. The van der Waals surface area contributed by atoms with E-state index in [1.54, 1.807) is 48.0 Å². The summed E-state index contributed by atoms with van der Waals surface area (Å²) in [6.45, 7) is 0.437. The van der Waals surface area contributed by atoms with E-state index in [0.29, 0.717) is 34.3 Å². The Hall–Kier alpha value is -3.45. The predicted molar refractivity (Wildman–Crippen MR) is 108 cm³/mol. The molecule has 2 heterocycles. The summed E-state index contributed by atoms with van der Waals surface area (Å²) in [5, 5.41) is 5.18. The molecule has 0 saturated carbocycles. The quantitative estimate of drug-likeness (QED) is 0.465. The Kier molecular flexibility index (Phi) is 5.67. The summed E-state index contributed by atoms with van der Waals surface area (Å²) in [6.07, 6.45) is 1.56. The molecular formula is C22H17FN2O3S. The standard InChI is InChI=1S/C22H17FN2O3S/c23-19-9-2-1-5-16(19)13-28-17-7-3-6-15(11-17)22-25-20(14-29-22)21(26)24-12-18-8-4-10-27-18/h1-11,14H,12-13H2,(H,24,26). The number of carbonyl (C=O) groups excluding carboxylic acids is 1. The number of thiazole rings is 1. The number of nitrogens with one attached hydrogen (secondary N) is 1. The van der Waals surface area contributed by atoms with Gasteiger partial charge in [0.05, 0.1) is 12.8 Å². The third kappa shape index (κ3) is 4.70. The van der Waals surface area contributed by atoms with Crippen molar-refractivity contribution in [1.82, 2.24) is 10.3 Å². The van der Waals surface area contributed by atoms with Crippen LogP contribution in [0.4, 0.5) is 4.39 Å². The maximum atomic E-state index is 13.7. The van der Waals surface area contributed by atoms with Crippen LogP contribution in [0.5, 0.6) is 5.75 Å². The fourth-order valence-corrected chi connectivity index (χ4v) is 3.47. The van der Waals surface area contributed by atoms with Gasteiger partial charge in [0.25, 0.3) is 5.91 Å². The second-order valence-electron chi connectivity index (χ2n) is 6.21. The molecule has 1 N–H and O–H groups in total. The lowest BCUT2D eigenvalue weighted by molar-refractivity contribution is 0.0944. The maximum absolute atomic E-state index is 13.7. The number of hydrogen-bond acceptors (Lipinski definition) is 5. The Labute approximate surface area is 170 Å². The van der Waals surface area contributed by atoms with Crippen LogP contribution in [0.3, 0.4) is 0 Å². The first kappa shape index (κ1) is 18.9. The molecule has 2 aromatic carbocycles. The Balaban J connectivity index is 1.42. The highest BCUT2D eigenvalue weighted by atomic mass is 32.1. The number of amides is 1. The van der Waals surface area contributed by atoms with E-state index in [1.807, 2.05) is 18.2 Å². The van der Waals surface area contributed by atoms with E-state index in [4.69, 9.17) is 9.15 Å². The number of benzene rings is 2. The molecule has 5 nitrogen and oxygen atoms in total. The molecule has 0 aliphatic heterocycles. The van der Waals surface area contributed by atoms with Crippen LogP contribution in [0.1, 0.15) is 21.8 Å². The number of nitrogens with zero attached hydrogens (tertiary/aromatic N) is 1. The minimum Gasteiger partial charge on any atom is -0.489 e. The maximum Gasteiger partial charge on any atom is 0.271 e. The lowest BCUT2D eigenvalue weighted by Gasteiger charge is -2.08. The van der Waals surface area contributed by atoms with Crippen LogP contribution in [0, 0.1) is 5.82 Å². The summed E-state index contributed by atoms with van der Waals surface area (Å²) < 4.78 is 24.7. The number of ether oxygens (including phenoxy) is 1. The normalized spacial score (nSPS) is 10.7. The average molecular weight is 408 g/mol. The van der Waals surface area contributed by atoms with Crippen LogP contribution in [0.2, 0.25) is 0 Å². The topological polar surface area (TPSA) is 64.4 Å². The fraction of sp³-hybridized carbons (Fsp3) is 0.0909. The van der Waals surface area contributed by atoms with Gasteiger partial charge in [-0.2, -0.15) is 0 Å². The molecule has 0 spiro atoms. The third-order valence-corrected chi connectivity index (χ3v) is 5.06. The van der Waals surface area contributed by atoms with Gasteiger partial charge in [-0.15, -0.1) is 11.3 Å². The minimum atomic E-state index is -0.297. The zero-order valence-electron chi connectivity index (χ0n) is 15.3. The molecule has 0 unspecified atom stereocenters. The summed E-state index contributed by atoms with van der Waals surface area (Å²) in [7, 11) is 0. The summed E-state index contributed by atoms with van der Waals surface area (Å²) in [5.74, 6) is 0.711. The van der Waals surface area contributed by atoms with Gasteiger partial charge in [0.1, 0.15) is 34.6 Å². The Morgan fingerprint density at radius 2 is 2.03 bits per heavy atom. The molecule has 146 valence electrons. The molecule has 0 bridgehead atoms. The molecule has 1 amide bonds. The number of rotatable bonds is 7. The van der Waals surface area contributed by atoms with E-state index in [2.05, 4.69) is 10.3 Å². The largest absolute Gasteiger partial charge is 0.489 e. The SMILES string of the molecule is O=C(NCc1ccco1)c1csc(-c2cccc(OCc3ccccc3F)c2)n1. The van der Waals surface area contributed by atoms with Crippen LogP contribution in [-0.4, -0.2) is 10.9 Å². The van der Waals surface area contributed by atoms with Crippen molar-refractivity contribution in [3.8, 4) is 16.3 Å². The minimum absolute atomic E-state index is 0.133. The van der Waals surface area contributed by atoms with E-state index in [9.17, 15) is 9.18 Å². The lowest BCUT2D eigenvalue weighted by Crippen LogP contribution is -2.22. The highest BCUT2D eigenvalue weighted by Gasteiger charge is 2.13. The fourth-order valence-electron chi connectivity index (χ4n) is 2.68. The molecule has 7 heteroatoms. The highest BCUT2D eigenvalue weighted by Crippen LogP contribution is 2.27. The number of furan rings is 1. The van der Waals surface area contributed by atoms with E-state index >= 15 is 0 Å². The molecule has 4 aromatic rings. The van der Waals surface area contributed by atoms with Crippen molar-refractivity contribution in [1.29, 1.82) is 0 Å². The molecule has 0 fully saturated rings. The van der Waals surface area contributed by atoms with Gasteiger partial charge >= 0.3 is 0 Å². The first-order chi connectivity index (χ1) is 14.2. The van der Waals surface area contributed by atoms with Gasteiger partial charge in [-0.25, -0.2) is 9.37 Å². The molecule has 2 aromatic heterocycles. The Morgan fingerprint density at radius 3 is 2.86 bits per heavy atom. The van der Waals surface area contributed by atoms with Gasteiger partial charge < -0.3 is 14.5 Å². The van der Waals surface area contributed by atoms with Gasteiger partial charge in [-0.1, -0.05) is 30.3 Å². The molecule has 0 radical (unpaired) electrons. The number of carbonyl (C=O) groups is 1. The van der Waals surface area contributed by atoms with Crippen molar-refractivity contribution in [2.75, 3.05) is 0 Å². The zero-order valence-corrected chi connectivity index (χ0v) is 16.1. The van der Waals surface area contributed by atoms with E-state index in [-0.39, 0.29) is 18.3 Å². The van der Waals surface area contributed by atoms with Crippen molar-refractivity contribution < 1.29 is 18.3 Å². The third-order valence-electron chi connectivity index (χ3n) is 4.17. The summed E-state index contributed by atoms with van der Waals surface area (Å²) >= 11 is 1.37. The Bertz CT molecular complexity index is 1110. The number of aromatic nitrogens is 1. The number of halogens is 1. The molecule has 0 atom stereocenters. The van der Waals surface area contributed by atoms with Crippen LogP contribution in [0.15, 0.2) is 76.7 Å². The van der Waals surface area contributed by atoms with Crippen LogP contribution in [0.25, 0.3) is 10.6 Å². The van der Waals surface area contributed by atoms with Gasteiger partial charge in [0, 0.05) is 16.5 Å². The molecule has 0 saturated heterocycles. The van der Waals surface area contributed by atoms with Crippen molar-refractivity contribution in [2.24, 2.45) is 0 Å². The molecular weight excluding hydrogens is 391 g/mol.